The van der Waals surface area contributed by atoms with E-state index in [4.69, 9.17) is 0 Å². The van der Waals surface area contributed by atoms with E-state index in [1.54, 1.807) is 42.1 Å². The van der Waals surface area contributed by atoms with E-state index >= 15 is 0 Å². The Bertz CT molecular complexity index is 852. The molecule has 3 rings (SSSR count). The molecule has 0 bridgehead atoms. The van der Waals surface area contributed by atoms with Crippen LogP contribution in [0, 0.1) is 0 Å². The average molecular weight is 415 g/mol. The van der Waals surface area contributed by atoms with Gasteiger partial charge in [-0.3, -0.25) is 29.0 Å². The van der Waals surface area contributed by atoms with E-state index in [2.05, 4.69) is 4.90 Å². The molecule has 0 N–H and O–H groups in total. The predicted octanol–water partition coefficient (Wildman–Crippen LogP) is 1.32. The zero-order chi connectivity index (χ0) is 21.8. The zero-order valence-corrected chi connectivity index (χ0v) is 18.0. The smallest absolute Gasteiger partial charge is 0.261 e. The fourth-order valence-electron chi connectivity index (χ4n) is 3.79. The SMILES string of the molecule is CCCCN1C(=O)c2ccc(C(=O)N3CCCN(CC(=O)N(C)C)CC3)cc2C1=O. The van der Waals surface area contributed by atoms with Gasteiger partial charge in [-0.15, -0.1) is 0 Å². The third-order valence-electron chi connectivity index (χ3n) is 5.69. The van der Waals surface area contributed by atoms with Crippen LogP contribution in [0.2, 0.25) is 0 Å². The standard InChI is InChI=1S/C22H30N4O4/c1-4-5-11-26-21(29)17-8-7-16(14-18(17)22(26)30)20(28)25-10-6-9-24(12-13-25)15-19(27)23(2)3/h7-8,14H,4-6,9-13,15H2,1-3H3. The summed E-state index contributed by atoms with van der Waals surface area (Å²) in [4.78, 5) is 56.8. The highest BCUT2D eigenvalue weighted by molar-refractivity contribution is 6.22. The van der Waals surface area contributed by atoms with Gasteiger partial charge < -0.3 is 9.80 Å². The van der Waals surface area contributed by atoms with Gasteiger partial charge in [-0.2, -0.15) is 0 Å². The van der Waals surface area contributed by atoms with Gasteiger partial charge in [-0.05, 0) is 31.0 Å². The second-order valence-corrected chi connectivity index (χ2v) is 8.09. The Morgan fingerprint density at radius 2 is 1.73 bits per heavy atom. The van der Waals surface area contributed by atoms with Crippen LogP contribution in [-0.2, 0) is 4.79 Å². The highest BCUT2D eigenvalue weighted by atomic mass is 16.2. The van der Waals surface area contributed by atoms with Crippen LogP contribution in [0.25, 0.3) is 0 Å². The summed E-state index contributed by atoms with van der Waals surface area (Å²) in [6.45, 7) is 5.25. The number of amides is 4. The summed E-state index contributed by atoms with van der Waals surface area (Å²) in [5.74, 6) is -0.698. The van der Waals surface area contributed by atoms with E-state index in [9.17, 15) is 19.2 Å². The molecule has 162 valence electrons. The highest BCUT2D eigenvalue weighted by Crippen LogP contribution is 2.25. The van der Waals surface area contributed by atoms with Crippen molar-refractivity contribution < 1.29 is 19.2 Å². The Hall–Kier alpha value is -2.74. The van der Waals surface area contributed by atoms with Crippen LogP contribution >= 0.6 is 0 Å². The van der Waals surface area contributed by atoms with Crippen LogP contribution in [0.15, 0.2) is 18.2 Å². The second kappa shape index (κ2) is 9.38. The largest absolute Gasteiger partial charge is 0.348 e. The molecule has 0 spiro atoms. The Labute approximate surface area is 177 Å². The first-order valence-electron chi connectivity index (χ1n) is 10.6. The van der Waals surface area contributed by atoms with E-state index in [0.717, 1.165) is 25.8 Å². The Morgan fingerprint density at radius 3 is 2.43 bits per heavy atom. The molecule has 2 heterocycles. The van der Waals surface area contributed by atoms with Gasteiger partial charge >= 0.3 is 0 Å². The summed E-state index contributed by atoms with van der Waals surface area (Å²) in [5, 5.41) is 0. The van der Waals surface area contributed by atoms with E-state index < -0.39 is 0 Å². The second-order valence-electron chi connectivity index (χ2n) is 8.09. The van der Waals surface area contributed by atoms with Crippen molar-refractivity contribution in [3.05, 3.63) is 34.9 Å². The predicted molar refractivity (Wildman–Crippen MR) is 112 cm³/mol. The van der Waals surface area contributed by atoms with Gasteiger partial charge in [0, 0.05) is 52.4 Å². The molecule has 0 aromatic heterocycles. The lowest BCUT2D eigenvalue weighted by Gasteiger charge is -2.23. The van der Waals surface area contributed by atoms with Gasteiger partial charge in [-0.25, -0.2) is 0 Å². The van der Waals surface area contributed by atoms with Gasteiger partial charge in [0.2, 0.25) is 5.91 Å². The maximum absolute atomic E-state index is 13.1. The minimum absolute atomic E-state index is 0.0456. The van der Waals surface area contributed by atoms with Gasteiger partial charge in [0.1, 0.15) is 0 Å². The number of benzene rings is 1. The maximum Gasteiger partial charge on any atom is 0.261 e. The molecule has 0 unspecified atom stereocenters. The number of carbonyl (C=O) groups excluding carboxylic acids is 4. The molecule has 1 aromatic rings. The van der Waals surface area contributed by atoms with Gasteiger partial charge in [0.05, 0.1) is 17.7 Å². The number of hydrogen-bond acceptors (Lipinski definition) is 5. The number of nitrogens with zero attached hydrogens (tertiary/aromatic N) is 4. The van der Waals surface area contributed by atoms with Crippen molar-refractivity contribution in [1.29, 1.82) is 0 Å². The van der Waals surface area contributed by atoms with Crippen LogP contribution < -0.4 is 0 Å². The molecule has 2 aliphatic heterocycles. The highest BCUT2D eigenvalue weighted by Gasteiger charge is 2.35. The molecule has 0 atom stereocenters. The van der Waals surface area contributed by atoms with Crippen molar-refractivity contribution in [2.45, 2.75) is 26.2 Å². The first-order chi connectivity index (χ1) is 14.3. The van der Waals surface area contributed by atoms with Gasteiger partial charge in [0.15, 0.2) is 0 Å². The number of unbranched alkanes of at least 4 members (excludes halogenated alkanes) is 1. The van der Waals surface area contributed by atoms with Crippen LogP contribution in [0.4, 0.5) is 0 Å². The molecule has 1 saturated heterocycles. The molecule has 0 saturated carbocycles. The van der Waals surface area contributed by atoms with Crippen molar-refractivity contribution in [2.24, 2.45) is 0 Å². The average Bonchev–Trinajstić information content (AvgIpc) is 2.88. The van der Waals surface area contributed by atoms with Crippen molar-refractivity contribution in [3.8, 4) is 0 Å². The van der Waals surface area contributed by atoms with Crippen LogP contribution in [0.3, 0.4) is 0 Å². The molecule has 8 nitrogen and oxygen atoms in total. The van der Waals surface area contributed by atoms with Crippen molar-refractivity contribution in [1.82, 2.24) is 19.6 Å². The third-order valence-corrected chi connectivity index (χ3v) is 5.69. The van der Waals surface area contributed by atoms with E-state index in [1.807, 2.05) is 6.92 Å². The van der Waals surface area contributed by atoms with Gasteiger partial charge in [0.25, 0.3) is 17.7 Å². The fraction of sp³-hybridized carbons (Fsp3) is 0.545. The minimum Gasteiger partial charge on any atom is -0.348 e. The summed E-state index contributed by atoms with van der Waals surface area (Å²) in [6.07, 6.45) is 2.43. The van der Waals surface area contributed by atoms with E-state index in [-0.39, 0.29) is 23.6 Å². The molecular weight excluding hydrogens is 384 g/mol. The summed E-state index contributed by atoms with van der Waals surface area (Å²) < 4.78 is 0. The summed E-state index contributed by atoms with van der Waals surface area (Å²) in [5.41, 5.74) is 1.11. The summed E-state index contributed by atoms with van der Waals surface area (Å²) >= 11 is 0. The molecule has 0 aliphatic carbocycles. The van der Waals surface area contributed by atoms with Crippen molar-refractivity contribution >= 4 is 23.6 Å². The first kappa shape index (κ1) is 22.0. The van der Waals surface area contributed by atoms with Crippen molar-refractivity contribution in [2.75, 3.05) is 53.4 Å². The third kappa shape index (κ3) is 4.53. The van der Waals surface area contributed by atoms with Crippen LogP contribution in [0.1, 0.15) is 57.3 Å². The first-order valence-corrected chi connectivity index (χ1v) is 10.6. The zero-order valence-electron chi connectivity index (χ0n) is 18.0. The maximum atomic E-state index is 13.1. The lowest BCUT2D eigenvalue weighted by Crippen LogP contribution is -2.39. The Balaban J connectivity index is 1.69. The number of hydrogen-bond donors (Lipinski definition) is 0. The quantitative estimate of drug-likeness (QED) is 0.656. The van der Waals surface area contributed by atoms with E-state index in [1.165, 1.54) is 4.90 Å². The summed E-state index contributed by atoms with van der Waals surface area (Å²) in [6, 6.07) is 4.78. The monoisotopic (exact) mass is 414 g/mol. The molecule has 2 aliphatic rings. The topological polar surface area (TPSA) is 81.2 Å². The molecule has 1 aromatic carbocycles. The normalized spacial score (nSPS) is 17.2. The number of rotatable bonds is 6. The van der Waals surface area contributed by atoms with Crippen molar-refractivity contribution in [3.63, 3.8) is 0 Å². The number of likely N-dealkylation sites (N-methyl/N-ethyl adjacent to an activating group) is 1. The molecule has 8 heteroatoms. The molecule has 1 fully saturated rings. The van der Waals surface area contributed by atoms with Gasteiger partial charge in [-0.1, -0.05) is 13.3 Å². The Kier molecular flexibility index (Phi) is 6.87. The number of imide groups is 1. The van der Waals surface area contributed by atoms with Crippen LogP contribution in [-0.4, -0.2) is 96.6 Å². The van der Waals surface area contributed by atoms with E-state index in [0.29, 0.717) is 49.4 Å². The lowest BCUT2D eigenvalue weighted by molar-refractivity contribution is -0.129. The number of fused-ring (bicyclic) bond motifs is 1. The van der Waals surface area contributed by atoms with Crippen LogP contribution in [0.5, 0.6) is 0 Å². The summed E-state index contributed by atoms with van der Waals surface area (Å²) in [7, 11) is 3.47. The minimum atomic E-state index is -0.317. The Morgan fingerprint density at radius 1 is 1.00 bits per heavy atom. The molecule has 0 radical (unpaired) electrons. The number of carbonyl (C=O) groups is 4. The lowest BCUT2D eigenvalue weighted by atomic mass is 10.0. The molecule has 30 heavy (non-hydrogen) atoms. The molecule has 4 amide bonds. The molecular formula is C22H30N4O4. The fourth-order valence-corrected chi connectivity index (χ4v) is 3.79.